The molecule has 0 fully saturated rings. The summed E-state index contributed by atoms with van der Waals surface area (Å²) in [5, 5.41) is 18.0. The highest BCUT2D eigenvalue weighted by Gasteiger charge is 2.24. The molecule has 0 aromatic heterocycles. The van der Waals surface area contributed by atoms with Crippen molar-refractivity contribution in [3.05, 3.63) is 70.8 Å². The molecule has 9 nitrogen and oxygen atoms in total. The van der Waals surface area contributed by atoms with Crippen LogP contribution in [-0.4, -0.2) is 40.2 Å². The lowest BCUT2D eigenvalue weighted by Gasteiger charge is -2.07. The second-order valence-electron chi connectivity index (χ2n) is 4.73. The molecular formula is C17H10O9. The summed E-state index contributed by atoms with van der Waals surface area (Å²) in [4.78, 5) is 57.4. The zero-order valence-electron chi connectivity index (χ0n) is 12.9. The molecule has 2 N–H and O–H groups in total. The summed E-state index contributed by atoms with van der Waals surface area (Å²) in [6.07, 6.45) is -1.72. The summed E-state index contributed by atoms with van der Waals surface area (Å²) in [6, 6.07) is 9.90. The molecule has 0 spiro atoms. The summed E-state index contributed by atoms with van der Waals surface area (Å²) in [7, 11) is 0. The highest BCUT2D eigenvalue weighted by atomic mass is 16.8. The number of carboxylic acid groups (broad SMARTS) is 2. The first kappa shape index (κ1) is 18.3. The lowest BCUT2D eigenvalue weighted by atomic mass is 10.1. The monoisotopic (exact) mass is 358 g/mol. The number of esters is 2. The van der Waals surface area contributed by atoms with Gasteiger partial charge in [0.05, 0.1) is 22.3 Å². The fraction of sp³-hybridized carbons (Fsp3) is 0. The van der Waals surface area contributed by atoms with Crippen molar-refractivity contribution in [1.29, 1.82) is 0 Å². The van der Waals surface area contributed by atoms with E-state index in [1.165, 1.54) is 24.3 Å². The van der Waals surface area contributed by atoms with Crippen LogP contribution in [0.2, 0.25) is 0 Å². The number of rotatable bonds is 4. The lowest BCUT2D eigenvalue weighted by Crippen LogP contribution is -2.21. The fourth-order valence-corrected chi connectivity index (χ4v) is 1.98. The molecule has 0 saturated heterocycles. The fourth-order valence-electron chi connectivity index (χ4n) is 1.98. The van der Waals surface area contributed by atoms with E-state index in [1.807, 2.05) is 0 Å². The van der Waals surface area contributed by atoms with Crippen molar-refractivity contribution in [1.82, 2.24) is 0 Å². The second kappa shape index (κ2) is 7.71. The van der Waals surface area contributed by atoms with Gasteiger partial charge in [-0.1, -0.05) is 24.3 Å². The van der Waals surface area contributed by atoms with E-state index in [0.29, 0.717) is 0 Å². The predicted molar refractivity (Wildman–Crippen MR) is 83.0 cm³/mol. The largest absolute Gasteiger partial charge is 0.524 e. The molecule has 0 radical (unpaired) electrons. The molecule has 0 bridgehead atoms. The molecular weight excluding hydrogens is 348 g/mol. The minimum atomic E-state index is -1.72. The summed E-state index contributed by atoms with van der Waals surface area (Å²) >= 11 is 0. The van der Waals surface area contributed by atoms with Gasteiger partial charge in [-0.3, -0.25) is 0 Å². The van der Waals surface area contributed by atoms with Crippen LogP contribution in [0.3, 0.4) is 0 Å². The number of hydrogen-bond acceptors (Lipinski definition) is 7. The third kappa shape index (κ3) is 4.09. The third-order valence-corrected chi connectivity index (χ3v) is 3.11. The van der Waals surface area contributed by atoms with Crippen LogP contribution in [0.4, 0.5) is 4.79 Å². The average molecular weight is 358 g/mol. The van der Waals surface area contributed by atoms with Gasteiger partial charge >= 0.3 is 30.0 Å². The first-order valence-corrected chi connectivity index (χ1v) is 6.94. The minimum Gasteiger partial charge on any atom is -0.478 e. The Balaban J connectivity index is 2.12. The second-order valence-corrected chi connectivity index (χ2v) is 4.73. The average Bonchev–Trinajstić information content (AvgIpc) is 2.61. The number of aromatic carboxylic acids is 2. The SMILES string of the molecule is O=C(OC(=O)c1ccccc1C(=O)O)OC(=O)c1ccccc1C(=O)O. The standard InChI is InChI=1S/C17H10O9/c18-13(19)9-5-1-3-7-11(9)15(22)25-17(24)26-16(23)12-8-4-2-6-10(12)14(20)21/h1-8H,(H,18,19)(H,20,21). The molecule has 2 aromatic carbocycles. The highest BCUT2D eigenvalue weighted by Crippen LogP contribution is 2.13. The molecule has 0 heterocycles. The first-order valence-electron chi connectivity index (χ1n) is 6.94. The van der Waals surface area contributed by atoms with Gasteiger partial charge in [0.15, 0.2) is 0 Å². The predicted octanol–water partition coefficient (Wildman–Crippen LogP) is 2.22. The molecule has 26 heavy (non-hydrogen) atoms. The van der Waals surface area contributed by atoms with Gasteiger partial charge in [0.25, 0.3) is 0 Å². The highest BCUT2D eigenvalue weighted by molar-refractivity contribution is 6.07. The van der Waals surface area contributed by atoms with Crippen molar-refractivity contribution < 1.29 is 43.7 Å². The Hall–Kier alpha value is -4.01. The molecule has 0 atom stereocenters. The van der Waals surface area contributed by atoms with Gasteiger partial charge in [0.2, 0.25) is 0 Å². The van der Waals surface area contributed by atoms with Crippen LogP contribution in [0.25, 0.3) is 0 Å². The molecule has 9 heteroatoms. The van der Waals surface area contributed by atoms with Crippen LogP contribution in [0.1, 0.15) is 41.4 Å². The van der Waals surface area contributed by atoms with E-state index in [1.54, 1.807) is 0 Å². The topological polar surface area (TPSA) is 144 Å². The van der Waals surface area contributed by atoms with Crippen molar-refractivity contribution >= 4 is 30.0 Å². The molecule has 0 amide bonds. The maximum atomic E-state index is 11.9. The number of benzene rings is 2. The maximum Gasteiger partial charge on any atom is 0.524 e. The minimum absolute atomic E-state index is 0.409. The van der Waals surface area contributed by atoms with Gasteiger partial charge in [-0.25, -0.2) is 24.0 Å². The molecule has 0 unspecified atom stereocenters. The van der Waals surface area contributed by atoms with Gasteiger partial charge in [-0.2, -0.15) is 0 Å². The van der Waals surface area contributed by atoms with E-state index in [4.69, 9.17) is 10.2 Å². The summed E-state index contributed by atoms with van der Waals surface area (Å²) in [5.41, 5.74) is -1.66. The number of ether oxygens (including phenoxy) is 2. The summed E-state index contributed by atoms with van der Waals surface area (Å²) in [5.74, 6) is -5.52. The van der Waals surface area contributed by atoms with Crippen molar-refractivity contribution in [3.8, 4) is 0 Å². The number of carbonyl (C=O) groups excluding carboxylic acids is 3. The Kier molecular flexibility index (Phi) is 5.43. The van der Waals surface area contributed by atoms with E-state index < -0.39 is 52.3 Å². The zero-order valence-corrected chi connectivity index (χ0v) is 12.9. The third-order valence-electron chi connectivity index (χ3n) is 3.11. The van der Waals surface area contributed by atoms with Gasteiger partial charge in [-0.05, 0) is 24.3 Å². The van der Waals surface area contributed by atoms with E-state index >= 15 is 0 Å². The maximum absolute atomic E-state index is 11.9. The number of carbonyl (C=O) groups is 5. The van der Waals surface area contributed by atoms with Crippen molar-refractivity contribution in [3.63, 3.8) is 0 Å². The Morgan fingerprint density at radius 3 is 1.19 bits per heavy atom. The van der Waals surface area contributed by atoms with Crippen LogP contribution in [-0.2, 0) is 9.47 Å². The zero-order chi connectivity index (χ0) is 19.3. The van der Waals surface area contributed by atoms with E-state index in [9.17, 15) is 24.0 Å². The first-order chi connectivity index (χ1) is 12.3. The Morgan fingerprint density at radius 1 is 0.577 bits per heavy atom. The van der Waals surface area contributed by atoms with Gasteiger partial charge in [-0.15, -0.1) is 0 Å². The quantitative estimate of drug-likeness (QED) is 0.620. The van der Waals surface area contributed by atoms with Gasteiger partial charge < -0.3 is 19.7 Å². The molecule has 0 saturated carbocycles. The van der Waals surface area contributed by atoms with E-state index in [2.05, 4.69) is 9.47 Å². The molecule has 0 aliphatic carbocycles. The van der Waals surface area contributed by atoms with Crippen molar-refractivity contribution in [2.24, 2.45) is 0 Å². The van der Waals surface area contributed by atoms with Crippen LogP contribution < -0.4 is 0 Å². The number of carboxylic acids is 2. The molecule has 132 valence electrons. The van der Waals surface area contributed by atoms with Crippen LogP contribution >= 0.6 is 0 Å². The van der Waals surface area contributed by atoms with Crippen LogP contribution in [0.5, 0.6) is 0 Å². The van der Waals surface area contributed by atoms with E-state index in [0.717, 1.165) is 24.3 Å². The molecule has 2 rings (SSSR count). The van der Waals surface area contributed by atoms with Gasteiger partial charge in [0, 0.05) is 0 Å². The normalized spacial score (nSPS) is 9.85. The van der Waals surface area contributed by atoms with Crippen LogP contribution in [0, 0.1) is 0 Å². The van der Waals surface area contributed by atoms with Crippen molar-refractivity contribution in [2.45, 2.75) is 0 Å². The molecule has 0 aliphatic heterocycles. The summed E-state index contributed by atoms with van der Waals surface area (Å²) < 4.78 is 8.58. The molecule has 0 aliphatic rings. The molecule has 2 aromatic rings. The number of hydrogen-bond donors (Lipinski definition) is 2. The lowest BCUT2D eigenvalue weighted by molar-refractivity contribution is 0.0328. The van der Waals surface area contributed by atoms with Gasteiger partial charge in [0.1, 0.15) is 0 Å². The van der Waals surface area contributed by atoms with Crippen LogP contribution in [0.15, 0.2) is 48.5 Å². The summed E-state index contributed by atoms with van der Waals surface area (Å²) in [6.45, 7) is 0. The Labute approximate surface area is 145 Å². The Morgan fingerprint density at radius 2 is 0.885 bits per heavy atom. The smallest absolute Gasteiger partial charge is 0.478 e. The Bertz CT molecular complexity index is 840. The van der Waals surface area contributed by atoms with Crippen molar-refractivity contribution in [2.75, 3.05) is 0 Å². The van der Waals surface area contributed by atoms with E-state index in [-0.39, 0.29) is 0 Å².